The number of ether oxygens (including phenoxy) is 3. The molecule has 0 radical (unpaired) electrons. The van der Waals surface area contributed by atoms with Crippen molar-refractivity contribution in [2.75, 3.05) is 28.4 Å². The van der Waals surface area contributed by atoms with Gasteiger partial charge in [-0.1, -0.05) is 0 Å². The number of aryl methyl sites for hydroxylation is 1. The number of fused-ring (bicyclic) bond motifs is 1. The van der Waals surface area contributed by atoms with Gasteiger partial charge in [-0.2, -0.15) is 0 Å². The molecule has 3 rings (SSSR count). The Bertz CT molecular complexity index is 987. The molecule has 2 aromatic heterocycles. The third-order valence-corrected chi connectivity index (χ3v) is 5.04. The van der Waals surface area contributed by atoms with Crippen molar-refractivity contribution in [3.8, 4) is 17.2 Å². The van der Waals surface area contributed by atoms with Crippen LogP contribution in [-0.2, 0) is 13.1 Å². The number of nitrogens with zero attached hydrogens (tertiary/aromatic N) is 3. The monoisotopic (exact) mass is 389 g/mol. The second kappa shape index (κ2) is 7.98. The molecule has 0 atom stereocenters. The maximum atomic E-state index is 12.3. The van der Waals surface area contributed by atoms with Gasteiger partial charge >= 0.3 is 0 Å². The highest BCUT2D eigenvalue weighted by atomic mass is 32.1. The molecule has 27 heavy (non-hydrogen) atoms. The molecule has 0 bridgehead atoms. The fourth-order valence-electron chi connectivity index (χ4n) is 3.01. The van der Waals surface area contributed by atoms with Crippen LogP contribution in [0.4, 0.5) is 0 Å². The van der Waals surface area contributed by atoms with Crippen LogP contribution in [0.5, 0.6) is 17.2 Å². The summed E-state index contributed by atoms with van der Waals surface area (Å²) in [4.78, 5) is 20.7. The molecule has 0 saturated carbocycles. The van der Waals surface area contributed by atoms with Gasteiger partial charge in [0.05, 0.1) is 27.0 Å². The average molecular weight is 389 g/mol. The third kappa shape index (κ3) is 4.06. The van der Waals surface area contributed by atoms with E-state index in [0.717, 1.165) is 21.1 Å². The molecule has 7 nitrogen and oxygen atoms in total. The van der Waals surface area contributed by atoms with E-state index in [1.54, 1.807) is 31.8 Å². The molecule has 0 unspecified atom stereocenters. The normalized spacial score (nSPS) is 11.2. The second-order valence-corrected chi connectivity index (χ2v) is 7.50. The SMILES string of the molecule is COc1cc(CN(C)Cc2cc(=O)n3cc(C)sc3n2)cc(OC)c1OC. The summed E-state index contributed by atoms with van der Waals surface area (Å²) in [5.74, 6) is 1.80. The Morgan fingerprint density at radius 3 is 2.33 bits per heavy atom. The van der Waals surface area contributed by atoms with Crippen LogP contribution in [0.1, 0.15) is 16.1 Å². The largest absolute Gasteiger partial charge is 0.493 e. The minimum atomic E-state index is -0.0551. The van der Waals surface area contributed by atoms with E-state index in [1.807, 2.05) is 32.3 Å². The minimum absolute atomic E-state index is 0.0551. The van der Waals surface area contributed by atoms with E-state index in [1.165, 1.54) is 11.3 Å². The highest BCUT2D eigenvalue weighted by Gasteiger charge is 2.15. The van der Waals surface area contributed by atoms with Crippen LogP contribution in [-0.4, -0.2) is 42.7 Å². The van der Waals surface area contributed by atoms with E-state index >= 15 is 0 Å². The lowest BCUT2D eigenvalue weighted by Gasteiger charge is -2.19. The summed E-state index contributed by atoms with van der Waals surface area (Å²) < 4.78 is 17.8. The van der Waals surface area contributed by atoms with Crippen molar-refractivity contribution in [3.05, 3.63) is 50.9 Å². The molecule has 144 valence electrons. The van der Waals surface area contributed by atoms with Gasteiger partial charge in [0.15, 0.2) is 16.5 Å². The van der Waals surface area contributed by atoms with Crippen molar-refractivity contribution >= 4 is 16.3 Å². The minimum Gasteiger partial charge on any atom is -0.493 e. The zero-order valence-corrected chi connectivity index (χ0v) is 16.9. The quantitative estimate of drug-likeness (QED) is 0.619. The number of rotatable bonds is 7. The van der Waals surface area contributed by atoms with Gasteiger partial charge in [0.1, 0.15) is 0 Å². The molecule has 0 spiro atoms. The summed E-state index contributed by atoms with van der Waals surface area (Å²) >= 11 is 1.51. The van der Waals surface area contributed by atoms with Gasteiger partial charge in [0.2, 0.25) is 5.75 Å². The van der Waals surface area contributed by atoms with Crippen LogP contribution in [0.15, 0.2) is 29.2 Å². The van der Waals surface area contributed by atoms with E-state index in [-0.39, 0.29) is 5.56 Å². The fraction of sp³-hybridized carbons (Fsp3) is 0.368. The number of hydrogen-bond acceptors (Lipinski definition) is 7. The molecule has 0 aliphatic rings. The second-order valence-electron chi connectivity index (χ2n) is 6.29. The van der Waals surface area contributed by atoms with Crippen LogP contribution in [0.2, 0.25) is 0 Å². The zero-order valence-electron chi connectivity index (χ0n) is 16.1. The fourth-order valence-corrected chi connectivity index (χ4v) is 3.86. The maximum absolute atomic E-state index is 12.3. The van der Waals surface area contributed by atoms with Crippen molar-refractivity contribution in [1.82, 2.24) is 14.3 Å². The summed E-state index contributed by atoms with van der Waals surface area (Å²) in [6.07, 6.45) is 1.82. The van der Waals surface area contributed by atoms with Crippen molar-refractivity contribution < 1.29 is 14.2 Å². The van der Waals surface area contributed by atoms with E-state index in [0.29, 0.717) is 30.3 Å². The Hall–Kier alpha value is -2.58. The highest BCUT2D eigenvalue weighted by molar-refractivity contribution is 7.16. The van der Waals surface area contributed by atoms with Gasteiger partial charge in [-0.25, -0.2) is 4.98 Å². The van der Waals surface area contributed by atoms with Crippen molar-refractivity contribution in [3.63, 3.8) is 0 Å². The summed E-state index contributed by atoms with van der Waals surface area (Å²) in [6, 6.07) is 5.43. The first-order chi connectivity index (χ1) is 12.9. The number of aromatic nitrogens is 2. The molecule has 0 fully saturated rings. The van der Waals surface area contributed by atoms with Gasteiger partial charge in [0, 0.05) is 30.2 Å². The number of hydrogen-bond donors (Lipinski definition) is 0. The molecule has 0 N–H and O–H groups in total. The summed E-state index contributed by atoms with van der Waals surface area (Å²) in [5.41, 5.74) is 1.70. The zero-order chi connectivity index (χ0) is 19.6. The van der Waals surface area contributed by atoms with Gasteiger partial charge in [-0.3, -0.25) is 14.1 Å². The maximum Gasteiger partial charge on any atom is 0.258 e. The van der Waals surface area contributed by atoms with Crippen LogP contribution < -0.4 is 19.8 Å². The topological polar surface area (TPSA) is 65.3 Å². The highest BCUT2D eigenvalue weighted by Crippen LogP contribution is 2.38. The standard InChI is InChI=1S/C19H23N3O4S/c1-12-9-22-17(23)8-14(20-19(22)27-12)11-21(2)10-13-6-15(24-3)18(26-5)16(7-13)25-4/h6-9H,10-11H2,1-5H3. The molecule has 0 aliphatic heterocycles. The van der Waals surface area contributed by atoms with E-state index < -0.39 is 0 Å². The molecular weight excluding hydrogens is 366 g/mol. The molecular formula is C19H23N3O4S. The number of methoxy groups -OCH3 is 3. The first-order valence-corrected chi connectivity index (χ1v) is 9.23. The van der Waals surface area contributed by atoms with Crippen LogP contribution >= 0.6 is 11.3 Å². The smallest absolute Gasteiger partial charge is 0.258 e. The molecule has 2 heterocycles. The first-order valence-electron chi connectivity index (χ1n) is 8.41. The Morgan fingerprint density at radius 2 is 1.74 bits per heavy atom. The van der Waals surface area contributed by atoms with Gasteiger partial charge < -0.3 is 14.2 Å². The molecule has 0 aliphatic carbocycles. The van der Waals surface area contributed by atoms with Gasteiger partial charge in [0.25, 0.3) is 5.56 Å². The van der Waals surface area contributed by atoms with E-state index in [2.05, 4.69) is 9.88 Å². The summed E-state index contributed by atoms with van der Waals surface area (Å²) in [5, 5.41) is 0. The first kappa shape index (κ1) is 19.2. The van der Waals surface area contributed by atoms with E-state index in [9.17, 15) is 4.79 Å². The lowest BCUT2D eigenvalue weighted by molar-refractivity contribution is 0.306. The lowest BCUT2D eigenvalue weighted by Crippen LogP contribution is -2.21. The number of thiazole rings is 1. The predicted octanol–water partition coefficient (Wildman–Crippen LogP) is 2.72. The third-order valence-electron chi connectivity index (χ3n) is 4.14. The molecule has 1 aromatic carbocycles. The summed E-state index contributed by atoms with van der Waals surface area (Å²) in [6.45, 7) is 3.16. The lowest BCUT2D eigenvalue weighted by atomic mass is 10.1. The molecule has 0 saturated heterocycles. The Balaban J connectivity index is 1.81. The van der Waals surface area contributed by atoms with Gasteiger partial charge in [-0.05, 0) is 31.7 Å². The van der Waals surface area contributed by atoms with Crippen LogP contribution in [0, 0.1) is 6.92 Å². The Labute approximate surface area is 161 Å². The van der Waals surface area contributed by atoms with Crippen molar-refractivity contribution in [2.24, 2.45) is 0 Å². The molecule has 8 heteroatoms. The van der Waals surface area contributed by atoms with Crippen LogP contribution in [0.3, 0.4) is 0 Å². The predicted molar refractivity (Wildman–Crippen MR) is 105 cm³/mol. The number of benzene rings is 1. The van der Waals surface area contributed by atoms with E-state index in [4.69, 9.17) is 14.2 Å². The van der Waals surface area contributed by atoms with Crippen molar-refractivity contribution in [2.45, 2.75) is 20.0 Å². The molecule has 3 aromatic rings. The average Bonchev–Trinajstić information content (AvgIpc) is 3.01. The Morgan fingerprint density at radius 1 is 1.07 bits per heavy atom. The summed E-state index contributed by atoms with van der Waals surface area (Å²) in [7, 11) is 6.76. The van der Waals surface area contributed by atoms with Crippen molar-refractivity contribution in [1.29, 1.82) is 0 Å². The Kier molecular flexibility index (Phi) is 5.67. The van der Waals surface area contributed by atoms with Crippen LogP contribution in [0.25, 0.3) is 4.96 Å². The molecule has 0 amide bonds. The van der Waals surface area contributed by atoms with Gasteiger partial charge in [-0.15, -0.1) is 11.3 Å².